The van der Waals surface area contributed by atoms with Gasteiger partial charge >= 0.3 is 0 Å². The van der Waals surface area contributed by atoms with Crippen LogP contribution in [0.3, 0.4) is 0 Å². The summed E-state index contributed by atoms with van der Waals surface area (Å²) in [5.74, 6) is 1.64. The number of nitrogens with one attached hydrogen (secondary N) is 1. The van der Waals surface area contributed by atoms with E-state index in [4.69, 9.17) is 10.1 Å². The van der Waals surface area contributed by atoms with Crippen molar-refractivity contribution in [1.82, 2.24) is 24.1 Å². The molecule has 7 nitrogen and oxygen atoms in total. The van der Waals surface area contributed by atoms with E-state index >= 15 is 0 Å². The van der Waals surface area contributed by atoms with Gasteiger partial charge in [0.1, 0.15) is 11.6 Å². The van der Waals surface area contributed by atoms with Crippen LogP contribution in [0.1, 0.15) is 48.8 Å². The van der Waals surface area contributed by atoms with Crippen molar-refractivity contribution in [2.75, 3.05) is 23.3 Å². The van der Waals surface area contributed by atoms with E-state index in [1.54, 1.807) is 6.07 Å². The van der Waals surface area contributed by atoms with Gasteiger partial charge in [-0.2, -0.15) is 9.36 Å². The van der Waals surface area contributed by atoms with Gasteiger partial charge in [0.05, 0.1) is 0 Å². The van der Waals surface area contributed by atoms with Crippen molar-refractivity contribution >= 4 is 22.6 Å². The van der Waals surface area contributed by atoms with Gasteiger partial charge in [-0.05, 0) is 62.1 Å². The number of anilines is 2. The molecule has 3 aliphatic rings. The molecule has 4 heterocycles. The molecule has 2 fully saturated rings. The molecule has 1 aromatic carbocycles. The van der Waals surface area contributed by atoms with E-state index < -0.39 is 11.6 Å². The normalized spacial score (nSPS) is 26.9. The lowest BCUT2D eigenvalue weighted by atomic mass is 9.91. The van der Waals surface area contributed by atoms with Gasteiger partial charge in [-0.25, -0.2) is 18.4 Å². The van der Waals surface area contributed by atoms with Crippen LogP contribution in [0.5, 0.6) is 0 Å². The summed E-state index contributed by atoms with van der Waals surface area (Å²) >= 11 is 1.48. The van der Waals surface area contributed by atoms with Crippen molar-refractivity contribution in [3.63, 3.8) is 0 Å². The van der Waals surface area contributed by atoms with E-state index in [1.165, 1.54) is 36.5 Å². The molecule has 10 heteroatoms. The molecule has 2 aliphatic heterocycles. The molecule has 1 saturated carbocycles. The lowest BCUT2D eigenvalue weighted by molar-refractivity contribution is 0.376. The van der Waals surface area contributed by atoms with Crippen molar-refractivity contribution < 1.29 is 8.78 Å². The third-order valence-corrected chi connectivity index (χ3v) is 8.01. The van der Waals surface area contributed by atoms with Crippen LogP contribution in [0.2, 0.25) is 0 Å². The summed E-state index contributed by atoms with van der Waals surface area (Å²) in [4.78, 5) is 11.8. The molecule has 3 atom stereocenters. The zero-order valence-electron chi connectivity index (χ0n) is 17.8. The fraction of sp³-hybridized carbons (Fsp3) is 0.545. The van der Waals surface area contributed by atoms with Gasteiger partial charge in [0.2, 0.25) is 11.1 Å². The maximum atomic E-state index is 13.8. The van der Waals surface area contributed by atoms with Crippen molar-refractivity contribution in [2.45, 2.75) is 51.1 Å². The molecule has 1 N–H and O–H groups in total. The fourth-order valence-electron chi connectivity index (χ4n) is 5.63. The van der Waals surface area contributed by atoms with Crippen LogP contribution in [0.15, 0.2) is 18.2 Å². The predicted octanol–water partition coefficient (Wildman–Crippen LogP) is 3.97. The number of fused-ring (bicyclic) bond motifs is 3. The Balaban J connectivity index is 1.21. The Hall–Kier alpha value is -2.62. The Morgan fingerprint density at radius 3 is 2.59 bits per heavy atom. The lowest BCUT2D eigenvalue weighted by Crippen LogP contribution is -2.48. The van der Waals surface area contributed by atoms with E-state index in [0.717, 1.165) is 54.8 Å². The van der Waals surface area contributed by atoms with Crippen LogP contribution in [-0.2, 0) is 6.54 Å². The molecule has 2 bridgehead atoms. The van der Waals surface area contributed by atoms with Crippen molar-refractivity contribution in [1.29, 1.82) is 0 Å². The first-order chi connectivity index (χ1) is 15.5. The molecule has 0 radical (unpaired) electrons. The van der Waals surface area contributed by atoms with Crippen molar-refractivity contribution in [3.05, 3.63) is 47.0 Å². The van der Waals surface area contributed by atoms with Crippen LogP contribution in [-0.4, -0.2) is 43.3 Å². The number of aromatic nitrogens is 5. The number of aryl methyl sites for hydroxylation is 2. The minimum absolute atomic E-state index is 0.0684. The minimum atomic E-state index is -0.820. The lowest BCUT2D eigenvalue weighted by Gasteiger charge is -2.37. The summed E-state index contributed by atoms with van der Waals surface area (Å²) < 4.78 is 33.5. The maximum Gasteiger partial charge on any atom is 0.242 e. The van der Waals surface area contributed by atoms with Crippen molar-refractivity contribution in [3.8, 4) is 0 Å². The van der Waals surface area contributed by atoms with Gasteiger partial charge < -0.3 is 10.2 Å². The SMILES string of the molecule is Cc1nsc(N2CC3CCC(C2)C3Nc2nc3n(n2)CCCC3c2ccc(F)c(F)c2)n1. The molecule has 2 aromatic heterocycles. The molecule has 3 unspecified atom stereocenters. The number of rotatable bonds is 4. The molecule has 1 aliphatic carbocycles. The first kappa shape index (κ1) is 20.0. The highest BCUT2D eigenvalue weighted by molar-refractivity contribution is 7.09. The minimum Gasteiger partial charge on any atom is -0.350 e. The molecule has 1 saturated heterocycles. The summed E-state index contributed by atoms with van der Waals surface area (Å²) in [7, 11) is 0. The second kappa shape index (κ2) is 7.75. The zero-order chi connectivity index (χ0) is 21.8. The summed E-state index contributed by atoms with van der Waals surface area (Å²) in [6, 6.07) is 4.49. The molecule has 32 heavy (non-hydrogen) atoms. The Labute approximate surface area is 189 Å². The molecule has 168 valence electrons. The fourth-order valence-corrected chi connectivity index (χ4v) is 6.33. The van der Waals surface area contributed by atoms with Crippen LogP contribution < -0.4 is 10.2 Å². The average molecular weight is 458 g/mol. The summed E-state index contributed by atoms with van der Waals surface area (Å²) in [5, 5.41) is 9.38. The molecule has 6 rings (SSSR count). The van der Waals surface area contributed by atoms with Crippen molar-refractivity contribution in [2.24, 2.45) is 11.8 Å². The van der Waals surface area contributed by atoms with Gasteiger partial charge in [0, 0.05) is 43.1 Å². The second-order valence-electron chi connectivity index (χ2n) is 9.18. The summed E-state index contributed by atoms with van der Waals surface area (Å²) in [6.07, 6.45) is 4.15. The van der Waals surface area contributed by atoms with Crippen LogP contribution >= 0.6 is 11.5 Å². The number of benzene rings is 1. The smallest absolute Gasteiger partial charge is 0.242 e. The standard InChI is InChI=1S/C22H25F2N7S/c1-12-25-22(32-29-12)30-10-14-4-5-15(11-30)19(14)26-21-27-20-16(3-2-8-31(20)28-21)13-6-7-17(23)18(24)9-13/h6-7,9,14-16,19H,2-5,8,10-11H2,1H3,(H,26,28). The third-order valence-electron chi connectivity index (χ3n) is 7.14. The number of nitrogens with zero attached hydrogens (tertiary/aromatic N) is 6. The molecular weight excluding hydrogens is 432 g/mol. The van der Waals surface area contributed by atoms with Crippen LogP contribution in [0.4, 0.5) is 19.9 Å². The number of hydrogen-bond donors (Lipinski definition) is 1. The van der Waals surface area contributed by atoms with E-state index in [9.17, 15) is 8.78 Å². The van der Waals surface area contributed by atoms with E-state index in [0.29, 0.717) is 23.8 Å². The van der Waals surface area contributed by atoms with Gasteiger partial charge in [0.25, 0.3) is 0 Å². The Morgan fingerprint density at radius 2 is 1.88 bits per heavy atom. The Bertz CT molecular complexity index is 1130. The first-order valence-corrected chi connectivity index (χ1v) is 12.0. The monoisotopic (exact) mass is 457 g/mol. The zero-order valence-corrected chi connectivity index (χ0v) is 18.7. The molecule has 3 aromatic rings. The van der Waals surface area contributed by atoms with E-state index in [2.05, 4.69) is 19.6 Å². The summed E-state index contributed by atoms with van der Waals surface area (Å²) in [5.41, 5.74) is 0.754. The number of hydrogen-bond acceptors (Lipinski definition) is 7. The van der Waals surface area contributed by atoms with Crippen LogP contribution in [0.25, 0.3) is 0 Å². The highest BCUT2D eigenvalue weighted by Crippen LogP contribution is 2.41. The Morgan fingerprint density at radius 1 is 1.06 bits per heavy atom. The summed E-state index contributed by atoms with van der Waals surface area (Å²) in [6.45, 7) is 4.66. The van der Waals surface area contributed by atoms with E-state index in [1.807, 2.05) is 11.6 Å². The third kappa shape index (κ3) is 3.44. The molecule has 0 amide bonds. The van der Waals surface area contributed by atoms with Crippen LogP contribution in [0, 0.1) is 30.4 Å². The highest BCUT2D eigenvalue weighted by atomic mass is 32.1. The van der Waals surface area contributed by atoms with Gasteiger partial charge in [-0.15, -0.1) is 5.10 Å². The maximum absolute atomic E-state index is 13.8. The van der Waals surface area contributed by atoms with E-state index in [-0.39, 0.29) is 5.92 Å². The predicted molar refractivity (Wildman–Crippen MR) is 118 cm³/mol. The Kier molecular flexibility index (Phi) is 4.85. The topological polar surface area (TPSA) is 71.8 Å². The molecule has 0 spiro atoms. The molecular formula is C22H25F2N7S. The average Bonchev–Trinajstić information content (AvgIpc) is 3.45. The van der Waals surface area contributed by atoms with Gasteiger partial charge in [-0.1, -0.05) is 6.07 Å². The van der Waals surface area contributed by atoms with Gasteiger partial charge in [-0.3, -0.25) is 0 Å². The second-order valence-corrected chi connectivity index (χ2v) is 9.91. The quantitative estimate of drug-likeness (QED) is 0.639. The largest absolute Gasteiger partial charge is 0.350 e. The number of piperidine rings is 1. The first-order valence-electron chi connectivity index (χ1n) is 11.3. The number of halogens is 2. The highest BCUT2D eigenvalue weighted by Gasteiger charge is 2.43. The van der Waals surface area contributed by atoms with Gasteiger partial charge in [0.15, 0.2) is 11.6 Å².